The number of rotatable bonds is 5. The predicted octanol–water partition coefficient (Wildman–Crippen LogP) is 3.73. The second kappa shape index (κ2) is 7.19. The van der Waals surface area contributed by atoms with Gasteiger partial charge >= 0.3 is 5.97 Å². The molecule has 0 amide bonds. The molecule has 2 aromatic rings. The van der Waals surface area contributed by atoms with E-state index in [4.69, 9.17) is 16.3 Å². The van der Waals surface area contributed by atoms with Gasteiger partial charge in [-0.3, -0.25) is 5.43 Å². The maximum absolute atomic E-state index is 11.7. The zero-order chi connectivity index (χ0) is 15.2. The molecule has 1 aromatic heterocycles. The number of aromatic nitrogens is 1. The first-order chi connectivity index (χ1) is 10.1. The van der Waals surface area contributed by atoms with E-state index in [0.29, 0.717) is 27.3 Å². The minimum absolute atomic E-state index is 0.341. The highest BCUT2D eigenvalue weighted by atomic mass is 35.5. The summed E-state index contributed by atoms with van der Waals surface area (Å²) in [4.78, 5) is 16.4. The summed E-state index contributed by atoms with van der Waals surface area (Å²) in [6, 6.07) is 7.28. The molecule has 0 saturated carbocycles. The number of esters is 1. The molecule has 1 N–H and O–H groups in total. The number of aryl methyl sites for hydroxylation is 1. The molecule has 1 heterocycles. The van der Waals surface area contributed by atoms with Crippen LogP contribution in [0, 0.1) is 6.92 Å². The molecule has 0 spiro atoms. The summed E-state index contributed by atoms with van der Waals surface area (Å²) in [5.74, 6) is -0.359. The van der Waals surface area contributed by atoms with Gasteiger partial charge in [-0.15, -0.1) is 0 Å². The minimum Gasteiger partial charge on any atom is -0.462 e. The maximum Gasteiger partial charge on any atom is 0.350 e. The summed E-state index contributed by atoms with van der Waals surface area (Å²) in [7, 11) is 0. The van der Waals surface area contributed by atoms with E-state index in [1.54, 1.807) is 32.2 Å². The van der Waals surface area contributed by atoms with Crippen molar-refractivity contribution in [1.82, 2.24) is 4.98 Å². The molecule has 7 heteroatoms. The molecule has 0 aliphatic heterocycles. The van der Waals surface area contributed by atoms with Gasteiger partial charge in [-0.1, -0.05) is 35.1 Å². The number of hydrogen-bond acceptors (Lipinski definition) is 6. The van der Waals surface area contributed by atoms with Gasteiger partial charge in [0.1, 0.15) is 4.88 Å². The molecule has 5 nitrogen and oxygen atoms in total. The first kappa shape index (κ1) is 15.5. The van der Waals surface area contributed by atoms with Crippen molar-refractivity contribution in [3.05, 3.63) is 45.4 Å². The van der Waals surface area contributed by atoms with Crippen molar-refractivity contribution < 1.29 is 9.53 Å². The fraction of sp³-hybridized carbons (Fsp3) is 0.214. The monoisotopic (exact) mass is 323 g/mol. The third-order valence-corrected chi connectivity index (χ3v) is 3.80. The molecule has 0 fully saturated rings. The Morgan fingerprint density at radius 2 is 2.19 bits per heavy atom. The number of ether oxygens (including phenoxy) is 1. The van der Waals surface area contributed by atoms with Crippen LogP contribution in [0.25, 0.3) is 0 Å². The number of halogens is 1. The average molecular weight is 324 g/mol. The van der Waals surface area contributed by atoms with Gasteiger partial charge in [-0.05, 0) is 31.5 Å². The lowest BCUT2D eigenvalue weighted by molar-refractivity contribution is 0.0531. The van der Waals surface area contributed by atoms with Gasteiger partial charge in [-0.25, -0.2) is 9.78 Å². The number of anilines is 1. The van der Waals surface area contributed by atoms with E-state index >= 15 is 0 Å². The van der Waals surface area contributed by atoms with Crippen LogP contribution >= 0.6 is 22.9 Å². The largest absolute Gasteiger partial charge is 0.462 e. The van der Waals surface area contributed by atoms with Gasteiger partial charge in [0.05, 0.1) is 18.5 Å². The van der Waals surface area contributed by atoms with Crippen molar-refractivity contribution in [3.63, 3.8) is 0 Å². The highest BCUT2D eigenvalue weighted by molar-refractivity contribution is 7.17. The molecular weight excluding hydrogens is 310 g/mol. The third kappa shape index (κ3) is 4.27. The maximum atomic E-state index is 11.7. The minimum atomic E-state index is -0.359. The van der Waals surface area contributed by atoms with Crippen LogP contribution < -0.4 is 5.43 Å². The Hall–Kier alpha value is -1.92. The fourth-order valence-electron chi connectivity index (χ4n) is 1.54. The first-order valence-electron chi connectivity index (χ1n) is 6.29. The summed E-state index contributed by atoms with van der Waals surface area (Å²) in [6.07, 6.45) is 1.65. The molecule has 0 radical (unpaired) electrons. The molecular formula is C14H14ClN3O2S. The van der Waals surface area contributed by atoms with Crippen molar-refractivity contribution in [2.75, 3.05) is 12.0 Å². The van der Waals surface area contributed by atoms with Crippen LogP contribution in [0.2, 0.25) is 5.02 Å². The predicted molar refractivity (Wildman–Crippen MR) is 85.5 cm³/mol. The molecule has 2 rings (SSSR count). The van der Waals surface area contributed by atoms with E-state index in [1.165, 1.54) is 11.3 Å². The van der Waals surface area contributed by atoms with Crippen molar-refractivity contribution in [2.24, 2.45) is 5.10 Å². The van der Waals surface area contributed by atoms with E-state index in [2.05, 4.69) is 15.5 Å². The zero-order valence-corrected chi connectivity index (χ0v) is 13.2. The number of thiazole rings is 1. The molecule has 0 aliphatic carbocycles. The fourth-order valence-corrected chi connectivity index (χ4v) is 2.48. The van der Waals surface area contributed by atoms with E-state index in [1.807, 2.05) is 12.1 Å². The van der Waals surface area contributed by atoms with Gasteiger partial charge in [0, 0.05) is 5.02 Å². The van der Waals surface area contributed by atoms with Crippen LogP contribution in [0.3, 0.4) is 0 Å². The van der Waals surface area contributed by atoms with E-state index in [-0.39, 0.29) is 5.97 Å². The SMILES string of the molecule is CCOC(=O)c1sc(N/N=C/c2ccc(Cl)cc2)nc1C. The molecule has 0 unspecified atom stereocenters. The van der Waals surface area contributed by atoms with Crippen LogP contribution in [0.15, 0.2) is 29.4 Å². The summed E-state index contributed by atoms with van der Waals surface area (Å²) >= 11 is 7.02. The second-order valence-corrected chi connectivity index (χ2v) is 5.51. The van der Waals surface area contributed by atoms with Gasteiger partial charge in [-0.2, -0.15) is 5.10 Å². The number of carbonyl (C=O) groups excluding carboxylic acids is 1. The van der Waals surface area contributed by atoms with Crippen molar-refractivity contribution in [2.45, 2.75) is 13.8 Å². The molecule has 110 valence electrons. The van der Waals surface area contributed by atoms with E-state index in [9.17, 15) is 4.79 Å². The Bertz CT molecular complexity index is 653. The van der Waals surface area contributed by atoms with Crippen molar-refractivity contribution in [1.29, 1.82) is 0 Å². The average Bonchev–Trinajstić information content (AvgIpc) is 2.82. The number of hydrogen-bond donors (Lipinski definition) is 1. The van der Waals surface area contributed by atoms with Crippen LogP contribution in [-0.2, 0) is 4.74 Å². The van der Waals surface area contributed by atoms with E-state index < -0.39 is 0 Å². The van der Waals surface area contributed by atoms with Crippen LogP contribution in [0.4, 0.5) is 5.13 Å². The molecule has 21 heavy (non-hydrogen) atoms. The van der Waals surface area contributed by atoms with Gasteiger partial charge in [0.15, 0.2) is 0 Å². The van der Waals surface area contributed by atoms with Gasteiger partial charge < -0.3 is 4.74 Å². The van der Waals surface area contributed by atoms with Crippen LogP contribution in [-0.4, -0.2) is 23.8 Å². The summed E-state index contributed by atoms with van der Waals surface area (Å²) in [5, 5.41) is 5.30. The summed E-state index contributed by atoms with van der Waals surface area (Å²) in [6.45, 7) is 3.87. The Morgan fingerprint density at radius 1 is 1.48 bits per heavy atom. The summed E-state index contributed by atoms with van der Waals surface area (Å²) < 4.78 is 4.96. The zero-order valence-electron chi connectivity index (χ0n) is 11.6. The Labute approximate surface area is 131 Å². The molecule has 0 saturated heterocycles. The third-order valence-electron chi connectivity index (χ3n) is 2.50. The lowest BCUT2D eigenvalue weighted by Gasteiger charge is -1.97. The number of hydrazone groups is 1. The molecule has 0 aliphatic rings. The van der Waals surface area contributed by atoms with Crippen molar-refractivity contribution in [3.8, 4) is 0 Å². The molecule has 0 bridgehead atoms. The molecule has 1 aromatic carbocycles. The Morgan fingerprint density at radius 3 is 2.86 bits per heavy atom. The van der Waals surface area contributed by atoms with Gasteiger partial charge in [0.25, 0.3) is 0 Å². The normalized spacial score (nSPS) is 10.8. The number of benzene rings is 1. The van der Waals surface area contributed by atoms with Gasteiger partial charge in [0.2, 0.25) is 5.13 Å². The van der Waals surface area contributed by atoms with Crippen molar-refractivity contribution >= 4 is 40.3 Å². The highest BCUT2D eigenvalue weighted by Gasteiger charge is 2.15. The number of carbonyl (C=O) groups is 1. The Balaban J connectivity index is 2.02. The van der Waals surface area contributed by atoms with E-state index in [0.717, 1.165) is 5.56 Å². The lowest BCUT2D eigenvalue weighted by Crippen LogP contribution is -2.03. The number of nitrogens with zero attached hydrogens (tertiary/aromatic N) is 2. The first-order valence-corrected chi connectivity index (χ1v) is 7.48. The second-order valence-electron chi connectivity index (χ2n) is 4.08. The van der Waals surface area contributed by atoms with Crippen LogP contribution in [0.1, 0.15) is 27.9 Å². The molecule has 0 atom stereocenters. The quantitative estimate of drug-likeness (QED) is 0.517. The lowest BCUT2D eigenvalue weighted by atomic mass is 10.2. The Kier molecular flexibility index (Phi) is 5.30. The summed E-state index contributed by atoms with van der Waals surface area (Å²) in [5.41, 5.74) is 4.34. The standard InChI is InChI=1S/C14H14ClN3O2S/c1-3-20-13(19)12-9(2)17-14(21-12)18-16-8-10-4-6-11(15)7-5-10/h4-8H,3H2,1-2H3,(H,17,18)/b16-8+. The topological polar surface area (TPSA) is 63.6 Å². The van der Waals surface area contributed by atoms with Crippen LogP contribution in [0.5, 0.6) is 0 Å². The smallest absolute Gasteiger partial charge is 0.350 e. The highest BCUT2D eigenvalue weighted by Crippen LogP contribution is 2.23. The number of nitrogens with one attached hydrogen (secondary N) is 1.